The third-order valence-corrected chi connectivity index (χ3v) is 3.60. The summed E-state index contributed by atoms with van der Waals surface area (Å²) in [6, 6.07) is 5.41. The normalized spacial score (nSPS) is 10.9. The predicted octanol–water partition coefficient (Wildman–Crippen LogP) is 3.35. The van der Waals surface area contributed by atoms with Crippen LogP contribution in [0.1, 0.15) is 43.0 Å². The average molecular weight is 249 g/mol. The van der Waals surface area contributed by atoms with E-state index in [1.165, 1.54) is 0 Å². The molecule has 0 amide bonds. The topological polar surface area (TPSA) is 49.9 Å². The number of carbonyl (C=O) groups is 1. The summed E-state index contributed by atoms with van der Waals surface area (Å²) in [4.78, 5) is 25.7. The number of Topliss-reactive ketones (excluding diaryl/α,β-unsaturated/α-hetero) is 1. The van der Waals surface area contributed by atoms with Gasteiger partial charge in [-0.2, -0.15) is 0 Å². The fraction of sp³-hybridized carbons (Fsp3) is 0.385. The fourth-order valence-electron chi connectivity index (χ4n) is 1.80. The zero-order valence-corrected chi connectivity index (χ0v) is 10.6. The zero-order valence-electron chi connectivity index (χ0n) is 9.79. The van der Waals surface area contributed by atoms with Crippen molar-refractivity contribution in [3.8, 4) is 0 Å². The molecule has 3 nitrogen and oxygen atoms in total. The van der Waals surface area contributed by atoms with E-state index in [2.05, 4.69) is 11.9 Å². The maximum atomic E-state index is 11.9. The summed E-state index contributed by atoms with van der Waals surface area (Å²) >= 11 is 1.15. The summed E-state index contributed by atoms with van der Waals surface area (Å²) < 4.78 is 0.858. The van der Waals surface area contributed by atoms with Crippen molar-refractivity contribution in [1.29, 1.82) is 0 Å². The monoisotopic (exact) mass is 249 g/mol. The molecule has 0 aliphatic heterocycles. The third-order valence-electron chi connectivity index (χ3n) is 2.75. The van der Waals surface area contributed by atoms with Crippen LogP contribution in [0.2, 0.25) is 0 Å². The molecule has 0 atom stereocenters. The lowest BCUT2D eigenvalue weighted by Crippen LogP contribution is -1.98. The first-order chi connectivity index (χ1) is 8.20. The van der Waals surface area contributed by atoms with Crippen LogP contribution in [0.15, 0.2) is 23.0 Å². The predicted molar refractivity (Wildman–Crippen MR) is 70.9 cm³/mol. The van der Waals surface area contributed by atoms with Crippen molar-refractivity contribution in [2.75, 3.05) is 0 Å². The van der Waals surface area contributed by atoms with Crippen LogP contribution in [0.3, 0.4) is 0 Å². The van der Waals surface area contributed by atoms with Gasteiger partial charge in [-0.1, -0.05) is 31.1 Å². The molecule has 0 radical (unpaired) electrons. The zero-order chi connectivity index (χ0) is 12.3. The van der Waals surface area contributed by atoms with Crippen LogP contribution < -0.4 is 4.87 Å². The van der Waals surface area contributed by atoms with E-state index in [4.69, 9.17) is 0 Å². The number of hydrogen-bond donors (Lipinski definition) is 1. The second-order valence-electron chi connectivity index (χ2n) is 4.11. The molecule has 2 rings (SSSR count). The Hall–Kier alpha value is -1.42. The summed E-state index contributed by atoms with van der Waals surface area (Å²) in [7, 11) is 0. The Morgan fingerprint density at radius 3 is 2.94 bits per heavy atom. The van der Waals surface area contributed by atoms with Crippen molar-refractivity contribution in [2.45, 2.75) is 32.6 Å². The van der Waals surface area contributed by atoms with E-state index in [1.54, 1.807) is 12.1 Å². The van der Waals surface area contributed by atoms with E-state index in [0.29, 0.717) is 12.0 Å². The lowest BCUT2D eigenvalue weighted by atomic mass is 10.0. The molecule has 0 saturated heterocycles. The molecule has 1 N–H and O–H groups in total. The first kappa shape index (κ1) is 12.0. The molecular formula is C13H15NO2S. The van der Waals surface area contributed by atoms with Crippen molar-refractivity contribution in [3.63, 3.8) is 0 Å². The second-order valence-corrected chi connectivity index (χ2v) is 5.12. The van der Waals surface area contributed by atoms with Gasteiger partial charge in [-0.25, -0.2) is 0 Å². The van der Waals surface area contributed by atoms with Crippen molar-refractivity contribution in [1.82, 2.24) is 4.98 Å². The van der Waals surface area contributed by atoms with Crippen molar-refractivity contribution in [2.24, 2.45) is 0 Å². The van der Waals surface area contributed by atoms with Crippen LogP contribution >= 0.6 is 11.3 Å². The molecule has 0 saturated carbocycles. The Kier molecular flexibility index (Phi) is 3.74. The van der Waals surface area contributed by atoms with Crippen LogP contribution in [-0.2, 0) is 0 Å². The van der Waals surface area contributed by atoms with E-state index >= 15 is 0 Å². The van der Waals surface area contributed by atoms with Gasteiger partial charge in [0.1, 0.15) is 0 Å². The number of H-pyrrole nitrogens is 1. The lowest BCUT2D eigenvalue weighted by molar-refractivity contribution is 0.0979. The van der Waals surface area contributed by atoms with Gasteiger partial charge < -0.3 is 4.98 Å². The number of benzene rings is 1. The standard InChI is InChI=1S/C13H15NO2S/c1-2-3-4-5-11(15)9-6-7-10-12(8-9)17-13(16)14-10/h6-8H,2-5H2,1H3,(H,14,16). The maximum Gasteiger partial charge on any atom is 0.305 e. The molecule has 0 aliphatic rings. The smallest absolute Gasteiger partial charge is 0.305 e. The van der Waals surface area contributed by atoms with Gasteiger partial charge in [-0.15, -0.1) is 0 Å². The highest BCUT2D eigenvalue weighted by Gasteiger charge is 2.07. The summed E-state index contributed by atoms with van der Waals surface area (Å²) in [6.45, 7) is 2.12. The molecule has 1 heterocycles. The molecule has 0 bridgehead atoms. The van der Waals surface area contributed by atoms with Crippen LogP contribution in [0, 0.1) is 0 Å². The van der Waals surface area contributed by atoms with Gasteiger partial charge in [0, 0.05) is 12.0 Å². The summed E-state index contributed by atoms with van der Waals surface area (Å²) in [5, 5.41) is 0. The van der Waals surface area contributed by atoms with Gasteiger partial charge in [-0.3, -0.25) is 9.59 Å². The maximum absolute atomic E-state index is 11.9. The molecule has 1 aromatic heterocycles. The average Bonchev–Trinajstić information content (AvgIpc) is 2.68. The van der Waals surface area contributed by atoms with Crippen LogP contribution in [0.4, 0.5) is 0 Å². The van der Waals surface area contributed by atoms with Gasteiger partial charge in [0.2, 0.25) is 0 Å². The quantitative estimate of drug-likeness (QED) is 0.652. The van der Waals surface area contributed by atoms with Gasteiger partial charge >= 0.3 is 4.87 Å². The van der Waals surface area contributed by atoms with Crippen molar-refractivity contribution >= 4 is 27.3 Å². The Morgan fingerprint density at radius 1 is 1.35 bits per heavy atom. The summed E-state index contributed by atoms with van der Waals surface area (Å²) in [5.41, 5.74) is 1.52. The summed E-state index contributed by atoms with van der Waals surface area (Å²) in [5.74, 6) is 0.168. The van der Waals surface area contributed by atoms with E-state index in [1.807, 2.05) is 6.07 Å². The van der Waals surface area contributed by atoms with Gasteiger partial charge in [0.15, 0.2) is 5.78 Å². The minimum atomic E-state index is -0.0735. The van der Waals surface area contributed by atoms with Gasteiger partial charge in [0.25, 0.3) is 0 Å². The number of carbonyl (C=O) groups excluding carboxylic acids is 1. The molecule has 0 spiro atoms. The SMILES string of the molecule is CCCCCC(=O)c1ccc2[nH]c(=O)sc2c1. The minimum Gasteiger partial charge on any atom is -0.312 e. The number of aromatic amines is 1. The Labute approximate surface area is 103 Å². The second kappa shape index (κ2) is 5.27. The molecule has 17 heavy (non-hydrogen) atoms. The molecular weight excluding hydrogens is 234 g/mol. The minimum absolute atomic E-state index is 0.0735. The van der Waals surface area contributed by atoms with Gasteiger partial charge in [-0.05, 0) is 24.6 Å². The Balaban J connectivity index is 2.17. The molecule has 0 aliphatic carbocycles. The molecule has 0 fully saturated rings. The number of thiazole rings is 1. The first-order valence-corrected chi connectivity index (χ1v) is 6.68. The van der Waals surface area contributed by atoms with Crippen LogP contribution in [0.25, 0.3) is 10.2 Å². The van der Waals surface area contributed by atoms with E-state index in [0.717, 1.165) is 40.8 Å². The molecule has 0 unspecified atom stereocenters. The Bertz CT molecular complexity index is 582. The summed E-state index contributed by atoms with van der Waals surface area (Å²) in [6.07, 6.45) is 3.74. The van der Waals surface area contributed by atoms with Crippen molar-refractivity contribution < 1.29 is 4.79 Å². The number of fused-ring (bicyclic) bond motifs is 1. The third kappa shape index (κ3) is 2.82. The fourth-order valence-corrected chi connectivity index (χ4v) is 2.57. The highest BCUT2D eigenvalue weighted by atomic mass is 32.1. The first-order valence-electron chi connectivity index (χ1n) is 5.87. The molecule has 2 aromatic rings. The van der Waals surface area contributed by atoms with Gasteiger partial charge in [0.05, 0.1) is 10.2 Å². The number of rotatable bonds is 5. The number of nitrogens with one attached hydrogen (secondary N) is 1. The van der Waals surface area contributed by atoms with E-state index in [9.17, 15) is 9.59 Å². The number of ketones is 1. The Morgan fingerprint density at radius 2 is 2.18 bits per heavy atom. The van der Waals surface area contributed by atoms with Crippen LogP contribution in [-0.4, -0.2) is 10.8 Å². The van der Waals surface area contributed by atoms with Crippen LogP contribution in [0.5, 0.6) is 0 Å². The van der Waals surface area contributed by atoms with E-state index < -0.39 is 0 Å². The highest BCUT2D eigenvalue weighted by molar-refractivity contribution is 7.16. The van der Waals surface area contributed by atoms with E-state index in [-0.39, 0.29) is 10.7 Å². The highest BCUT2D eigenvalue weighted by Crippen LogP contribution is 2.18. The molecule has 1 aromatic carbocycles. The number of aromatic nitrogens is 1. The molecule has 90 valence electrons. The number of hydrogen-bond acceptors (Lipinski definition) is 3. The van der Waals surface area contributed by atoms with Crippen molar-refractivity contribution in [3.05, 3.63) is 33.4 Å². The number of unbranched alkanes of at least 4 members (excludes halogenated alkanes) is 2. The lowest BCUT2D eigenvalue weighted by Gasteiger charge is -2.00. The molecule has 4 heteroatoms. The largest absolute Gasteiger partial charge is 0.312 e.